The Morgan fingerprint density at radius 3 is 2.96 bits per heavy atom. The third-order valence-corrected chi connectivity index (χ3v) is 4.96. The first-order valence-corrected chi connectivity index (χ1v) is 8.03. The van der Waals surface area contributed by atoms with Crippen molar-refractivity contribution >= 4 is 11.3 Å². The monoisotopic (exact) mass is 344 g/mol. The van der Waals surface area contributed by atoms with Crippen LogP contribution in [0.15, 0.2) is 11.4 Å². The Balaban J connectivity index is 1.83. The van der Waals surface area contributed by atoms with Crippen LogP contribution in [0.25, 0.3) is 0 Å². The number of aromatic nitrogens is 3. The molecule has 23 heavy (non-hydrogen) atoms. The fourth-order valence-electron chi connectivity index (χ4n) is 2.72. The SMILES string of the molecule is Cn1nnc(CN[C@H]2c3sccc3OC(C)(C)[C@@H]2O)c1C(F)F. The average molecular weight is 344 g/mol. The van der Waals surface area contributed by atoms with Gasteiger partial charge in [-0.3, -0.25) is 0 Å². The Morgan fingerprint density at radius 2 is 2.26 bits per heavy atom. The van der Waals surface area contributed by atoms with Gasteiger partial charge in [0.1, 0.15) is 28.8 Å². The van der Waals surface area contributed by atoms with Crippen LogP contribution in [0.2, 0.25) is 0 Å². The predicted molar refractivity (Wildman–Crippen MR) is 80.6 cm³/mol. The van der Waals surface area contributed by atoms with Crippen molar-refractivity contribution in [1.82, 2.24) is 20.3 Å². The van der Waals surface area contributed by atoms with Crippen molar-refractivity contribution in [2.75, 3.05) is 0 Å². The van der Waals surface area contributed by atoms with Gasteiger partial charge < -0.3 is 15.2 Å². The number of hydrogen-bond acceptors (Lipinski definition) is 6. The molecule has 9 heteroatoms. The van der Waals surface area contributed by atoms with Crippen LogP contribution in [0, 0.1) is 0 Å². The zero-order valence-corrected chi connectivity index (χ0v) is 13.8. The number of halogens is 2. The van der Waals surface area contributed by atoms with Crippen molar-refractivity contribution in [1.29, 1.82) is 0 Å². The first-order valence-electron chi connectivity index (χ1n) is 7.15. The number of ether oxygens (including phenoxy) is 1. The number of alkyl halides is 2. The minimum atomic E-state index is -2.65. The number of thiophene rings is 1. The molecule has 3 rings (SSSR count). The van der Waals surface area contributed by atoms with Crippen LogP contribution >= 0.6 is 11.3 Å². The normalized spacial score (nSPS) is 22.9. The lowest BCUT2D eigenvalue weighted by molar-refractivity contribution is -0.0633. The zero-order chi connectivity index (χ0) is 16.8. The lowest BCUT2D eigenvalue weighted by Crippen LogP contribution is -2.52. The average Bonchev–Trinajstić information content (AvgIpc) is 3.05. The highest BCUT2D eigenvalue weighted by atomic mass is 32.1. The molecular formula is C14H18F2N4O2S. The quantitative estimate of drug-likeness (QED) is 0.889. The van der Waals surface area contributed by atoms with E-state index in [2.05, 4.69) is 15.6 Å². The predicted octanol–water partition coefficient (Wildman–Crippen LogP) is 2.18. The van der Waals surface area contributed by atoms with Crippen LogP contribution in [0.4, 0.5) is 8.78 Å². The number of aliphatic hydroxyl groups is 1. The van der Waals surface area contributed by atoms with Gasteiger partial charge >= 0.3 is 0 Å². The first-order chi connectivity index (χ1) is 10.8. The molecule has 0 fully saturated rings. The van der Waals surface area contributed by atoms with E-state index in [1.165, 1.54) is 18.4 Å². The van der Waals surface area contributed by atoms with E-state index in [1.54, 1.807) is 13.8 Å². The van der Waals surface area contributed by atoms with Crippen molar-refractivity contribution < 1.29 is 18.6 Å². The summed E-state index contributed by atoms with van der Waals surface area (Å²) in [7, 11) is 1.43. The molecule has 0 radical (unpaired) electrons. The van der Waals surface area contributed by atoms with Crippen molar-refractivity contribution in [2.24, 2.45) is 7.05 Å². The minimum Gasteiger partial charge on any atom is -0.484 e. The molecule has 0 spiro atoms. The molecule has 2 atom stereocenters. The molecule has 126 valence electrons. The van der Waals surface area contributed by atoms with E-state index >= 15 is 0 Å². The van der Waals surface area contributed by atoms with Gasteiger partial charge in [-0.25, -0.2) is 13.5 Å². The van der Waals surface area contributed by atoms with E-state index < -0.39 is 24.2 Å². The maximum absolute atomic E-state index is 13.1. The molecule has 0 aromatic carbocycles. The molecule has 1 aliphatic heterocycles. The molecule has 1 aliphatic rings. The van der Waals surface area contributed by atoms with Gasteiger partial charge in [-0.05, 0) is 25.3 Å². The molecule has 0 aliphatic carbocycles. The Hall–Kier alpha value is -1.58. The maximum atomic E-state index is 13.1. The second-order valence-corrected chi connectivity index (χ2v) is 6.95. The standard InChI is InChI=1S/C14H18F2N4O2S/c1-14(2)12(21)9(11-8(22-14)4-5-23-11)17-6-7-10(13(15)16)20(3)19-18-7/h4-5,9,12-13,17,21H,6H2,1-3H3/t9-,12+/m0/s1. The summed E-state index contributed by atoms with van der Waals surface area (Å²) in [6.45, 7) is 3.67. The number of fused-ring (bicyclic) bond motifs is 1. The molecule has 0 saturated carbocycles. The molecule has 0 unspecified atom stereocenters. The molecule has 2 aromatic heterocycles. The number of rotatable bonds is 4. The summed E-state index contributed by atoms with van der Waals surface area (Å²) in [6.07, 6.45) is -3.47. The van der Waals surface area contributed by atoms with Gasteiger partial charge in [-0.2, -0.15) is 0 Å². The first kappa shape index (κ1) is 16.3. The van der Waals surface area contributed by atoms with Gasteiger partial charge in [0.25, 0.3) is 6.43 Å². The van der Waals surface area contributed by atoms with E-state index in [1.807, 2.05) is 11.4 Å². The Kier molecular flexibility index (Phi) is 4.11. The molecule has 2 N–H and O–H groups in total. The Morgan fingerprint density at radius 1 is 1.52 bits per heavy atom. The van der Waals surface area contributed by atoms with Crippen LogP contribution in [0.3, 0.4) is 0 Å². The Labute approximate surface area is 136 Å². The van der Waals surface area contributed by atoms with Crippen LogP contribution in [-0.2, 0) is 13.6 Å². The Bertz CT molecular complexity index is 701. The number of nitrogens with zero attached hydrogens (tertiary/aromatic N) is 3. The summed E-state index contributed by atoms with van der Waals surface area (Å²) in [5.41, 5.74) is -0.818. The van der Waals surface area contributed by atoms with Gasteiger partial charge in [-0.15, -0.1) is 16.4 Å². The molecule has 0 bridgehead atoms. The highest BCUT2D eigenvalue weighted by Gasteiger charge is 2.43. The molecule has 6 nitrogen and oxygen atoms in total. The van der Waals surface area contributed by atoms with Crippen LogP contribution < -0.4 is 10.1 Å². The summed E-state index contributed by atoms with van der Waals surface area (Å²) in [6, 6.07) is 1.43. The van der Waals surface area contributed by atoms with E-state index in [-0.39, 0.29) is 17.9 Å². The van der Waals surface area contributed by atoms with Crippen molar-refractivity contribution in [3.63, 3.8) is 0 Å². The largest absolute Gasteiger partial charge is 0.484 e. The van der Waals surface area contributed by atoms with E-state index in [0.717, 1.165) is 9.56 Å². The van der Waals surface area contributed by atoms with E-state index in [0.29, 0.717) is 5.75 Å². The summed E-state index contributed by atoms with van der Waals surface area (Å²) >= 11 is 1.45. The minimum absolute atomic E-state index is 0.0860. The van der Waals surface area contributed by atoms with Crippen molar-refractivity contribution in [2.45, 2.75) is 44.6 Å². The van der Waals surface area contributed by atoms with Crippen LogP contribution in [0.5, 0.6) is 5.75 Å². The van der Waals surface area contributed by atoms with Gasteiger partial charge in [0.05, 0.1) is 10.9 Å². The maximum Gasteiger partial charge on any atom is 0.281 e. The lowest BCUT2D eigenvalue weighted by atomic mass is 9.90. The number of nitrogens with one attached hydrogen (secondary N) is 1. The molecule has 2 aromatic rings. The topological polar surface area (TPSA) is 72.2 Å². The second kappa shape index (κ2) is 5.81. The zero-order valence-electron chi connectivity index (χ0n) is 13.0. The summed E-state index contributed by atoms with van der Waals surface area (Å²) < 4.78 is 33.0. The molecule has 3 heterocycles. The van der Waals surface area contributed by atoms with Gasteiger partial charge in [0.2, 0.25) is 0 Å². The van der Waals surface area contributed by atoms with Crippen LogP contribution in [-0.4, -0.2) is 31.8 Å². The fourth-order valence-corrected chi connectivity index (χ4v) is 3.64. The van der Waals surface area contributed by atoms with Crippen LogP contribution in [0.1, 0.15) is 42.6 Å². The third kappa shape index (κ3) is 2.84. The van der Waals surface area contributed by atoms with E-state index in [4.69, 9.17) is 4.74 Å². The number of aliphatic hydroxyl groups excluding tert-OH is 1. The third-order valence-electron chi connectivity index (χ3n) is 3.98. The summed E-state index contributed by atoms with van der Waals surface area (Å²) in [5, 5.41) is 23.0. The molecular weight excluding hydrogens is 326 g/mol. The summed E-state index contributed by atoms with van der Waals surface area (Å²) in [5.74, 6) is 0.705. The van der Waals surface area contributed by atoms with Crippen molar-refractivity contribution in [3.05, 3.63) is 27.7 Å². The van der Waals surface area contributed by atoms with Gasteiger partial charge in [0.15, 0.2) is 0 Å². The van der Waals surface area contributed by atoms with Crippen molar-refractivity contribution in [3.8, 4) is 5.75 Å². The van der Waals surface area contributed by atoms with Gasteiger partial charge in [-0.1, -0.05) is 5.21 Å². The number of hydrogen-bond donors (Lipinski definition) is 2. The van der Waals surface area contributed by atoms with E-state index in [9.17, 15) is 13.9 Å². The van der Waals surface area contributed by atoms with Gasteiger partial charge in [0, 0.05) is 13.6 Å². The molecule has 0 saturated heterocycles. The summed E-state index contributed by atoms with van der Waals surface area (Å²) in [4.78, 5) is 0.847. The highest BCUT2D eigenvalue weighted by molar-refractivity contribution is 7.10. The molecule has 0 amide bonds. The smallest absolute Gasteiger partial charge is 0.281 e. The lowest BCUT2D eigenvalue weighted by Gasteiger charge is -2.41. The second-order valence-electron chi connectivity index (χ2n) is 6.00. The number of aryl methyl sites for hydroxylation is 1. The fraction of sp³-hybridized carbons (Fsp3) is 0.571. The highest BCUT2D eigenvalue weighted by Crippen LogP contribution is 2.43.